The van der Waals surface area contributed by atoms with E-state index in [1.54, 1.807) is 0 Å². The molecule has 0 aliphatic carbocycles. The summed E-state index contributed by atoms with van der Waals surface area (Å²) in [5.74, 6) is 0. The second kappa shape index (κ2) is 13.6. The van der Waals surface area contributed by atoms with Crippen molar-refractivity contribution in [3.63, 3.8) is 0 Å². The second-order valence-corrected chi connectivity index (χ2v) is 14.6. The highest BCUT2D eigenvalue weighted by Crippen LogP contribution is 2.39. The van der Waals surface area contributed by atoms with Gasteiger partial charge in [-0.3, -0.25) is 0 Å². The SMILES string of the molecule is c1ccc(N(c2ccc(-c3cccc(-c4cccc(-n5c6ccccc6c6ccccc65)c4)c3)cc2)c2cccc(-c3ccc4c(c3)oc3ccccc34)c2)cc1. The summed E-state index contributed by atoms with van der Waals surface area (Å²) in [6.45, 7) is 0. The molecule has 0 unspecified atom stereocenters. The third-order valence-corrected chi connectivity index (χ3v) is 11.2. The summed E-state index contributed by atoms with van der Waals surface area (Å²) in [4.78, 5) is 2.32. The Kier molecular flexibility index (Phi) is 7.82. The van der Waals surface area contributed by atoms with E-state index >= 15 is 0 Å². The summed E-state index contributed by atoms with van der Waals surface area (Å²) in [5, 5.41) is 4.81. The average Bonchev–Trinajstić information content (AvgIpc) is 3.83. The predicted octanol–water partition coefficient (Wildman–Crippen LogP) is 15.2. The molecule has 0 spiro atoms. The third-order valence-electron chi connectivity index (χ3n) is 11.2. The molecular formula is C54H36N2O. The van der Waals surface area contributed by atoms with E-state index < -0.39 is 0 Å². The Bertz CT molecular complexity index is 3190. The molecule has 0 fully saturated rings. The van der Waals surface area contributed by atoms with Crippen molar-refractivity contribution in [1.29, 1.82) is 0 Å². The lowest BCUT2D eigenvalue weighted by molar-refractivity contribution is 0.669. The zero-order valence-electron chi connectivity index (χ0n) is 31.1. The van der Waals surface area contributed by atoms with Crippen molar-refractivity contribution < 1.29 is 4.42 Å². The molecule has 0 N–H and O–H groups in total. The van der Waals surface area contributed by atoms with Crippen LogP contribution in [0.5, 0.6) is 0 Å². The van der Waals surface area contributed by atoms with E-state index in [9.17, 15) is 0 Å². The monoisotopic (exact) mass is 728 g/mol. The van der Waals surface area contributed by atoms with Crippen LogP contribution in [0.15, 0.2) is 223 Å². The van der Waals surface area contributed by atoms with Crippen molar-refractivity contribution in [2.24, 2.45) is 0 Å². The van der Waals surface area contributed by atoms with E-state index in [4.69, 9.17) is 4.42 Å². The van der Waals surface area contributed by atoms with Crippen LogP contribution in [0.2, 0.25) is 0 Å². The zero-order valence-corrected chi connectivity index (χ0v) is 31.1. The minimum Gasteiger partial charge on any atom is -0.456 e. The molecule has 0 aliphatic heterocycles. The van der Waals surface area contributed by atoms with Gasteiger partial charge in [-0.05, 0) is 118 Å². The first-order valence-corrected chi connectivity index (χ1v) is 19.4. The summed E-state index contributed by atoms with van der Waals surface area (Å²) in [6, 6.07) is 78.1. The quantitative estimate of drug-likeness (QED) is 0.163. The molecule has 11 aromatic rings. The Morgan fingerprint density at radius 1 is 0.298 bits per heavy atom. The summed E-state index contributed by atoms with van der Waals surface area (Å²) < 4.78 is 8.63. The molecule has 0 saturated carbocycles. The average molecular weight is 729 g/mol. The molecule has 3 nitrogen and oxygen atoms in total. The van der Waals surface area contributed by atoms with Gasteiger partial charge in [-0.25, -0.2) is 0 Å². The van der Waals surface area contributed by atoms with Gasteiger partial charge in [0.2, 0.25) is 0 Å². The van der Waals surface area contributed by atoms with Gasteiger partial charge in [0, 0.05) is 44.3 Å². The van der Waals surface area contributed by atoms with Crippen LogP contribution in [0.1, 0.15) is 0 Å². The van der Waals surface area contributed by atoms with Gasteiger partial charge in [-0.15, -0.1) is 0 Å². The molecule has 3 heteroatoms. The number of nitrogens with zero attached hydrogens (tertiary/aromatic N) is 2. The Hall–Kier alpha value is -7.62. The second-order valence-electron chi connectivity index (χ2n) is 14.6. The molecule has 57 heavy (non-hydrogen) atoms. The molecule has 2 aromatic heterocycles. The number of hydrogen-bond donors (Lipinski definition) is 0. The first-order chi connectivity index (χ1) is 28.2. The number of furan rings is 1. The minimum absolute atomic E-state index is 0.898. The highest BCUT2D eigenvalue weighted by atomic mass is 16.3. The zero-order chi connectivity index (χ0) is 37.7. The first kappa shape index (κ1) is 32.8. The highest BCUT2D eigenvalue weighted by molar-refractivity contribution is 6.09. The van der Waals surface area contributed by atoms with Crippen LogP contribution in [0, 0.1) is 0 Å². The van der Waals surface area contributed by atoms with Gasteiger partial charge in [0.05, 0.1) is 11.0 Å². The van der Waals surface area contributed by atoms with Crippen LogP contribution in [-0.4, -0.2) is 4.57 Å². The number of para-hydroxylation sites is 4. The molecular weight excluding hydrogens is 693 g/mol. The van der Waals surface area contributed by atoms with Crippen molar-refractivity contribution in [3.05, 3.63) is 218 Å². The first-order valence-electron chi connectivity index (χ1n) is 19.4. The van der Waals surface area contributed by atoms with Crippen molar-refractivity contribution in [2.75, 3.05) is 4.90 Å². The lowest BCUT2D eigenvalue weighted by Gasteiger charge is -2.26. The van der Waals surface area contributed by atoms with Crippen LogP contribution in [0.4, 0.5) is 17.1 Å². The largest absolute Gasteiger partial charge is 0.456 e. The lowest BCUT2D eigenvalue weighted by Crippen LogP contribution is -2.09. The number of rotatable bonds is 7. The Balaban J connectivity index is 0.928. The number of anilines is 3. The van der Waals surface area contributed by atoms with Gasteiger partial charge < -0.3 is 13.9 Å². The summed E-state index contributed by atoms with van der Waals surface area (Å²) in [6.07, 6.45) is 0. The van der Waals surface area contributed by atoms with E-state index in [0.717, 1.165) is 55.8 Å². The van der Waals surface area contributed by atoms with Gasteiger partial charge in [-0.2, -0.15) is 0 Å². The van der Waals surface area contributed by atoms with E-state index in [-0.39, 0.29) is 0 Å². The molecule has 0 radical (unpaired) electrons. The Morgan fingerprint density at radius 2 is 0.807 bits per heavy atom. The fraction of sp³-hybridized carbons (Fsp3) is 0. The Labute approximate surface area is 330 Å². The smallest absolute Gasteiger partial charge is 0.136 e. The molecule has 0 saturated heterocycles. The third kappa shape index (κ3) is 5.76. The van der Waals surface area contributed by atoms with Gasteiger partial charge in [0.1, 0.15) is 11.2 Å². The fourth-order valence-electron chi connectivity index (χ4n) is 8.46. The number of fused-ring (bicyclic) bond motifs is 6. The molecule has 268 valence electrons. The van der Waals surface area contributed by atoms with Crippen molar-refractivity contribution in [1.82, 2.24) is 4.57 Å². The fourth-order valence-corrected chi connectivity index (χ4v) is 8.46. The maximum Gasteiger partial charge on any atom is 0.136 e. The molecule has 0 bridgehead atoms. The molecule has 0 atom stereocenters. The topological polar surface area (TPSA) is 21.3 Å². The van der Waals surface area contributed by atoms with Gasteiger partial charge in [0.25, 0.3) is 0 Å². The van der Waals surface area contributed by atoms with Crippen LogP contribution < -0.4 is 4.90 Å². The minimum atomic E-state index is 0.898. The maximum absolute atomic E-state index is 6.25. The maximum atomic E-state index is 6.25. The van der Waals surface area contributed by atoms with E-state index in [1.165, 1.54) is 44.1 Å². The highest BCUT2D eigenvalue weighted by Gasteiger charge is 2.16. The van der Waals surface area contributed by atoms with Crippen molar-refractivity contribution in [3.8, 4) is 39.1 Å². The van der Waals surface area contributed by atoms with Crippen LogP contribution in [0.3, 0.4) is 0 Å². The van der Waals surface area contributed by atoms with E-state index in [1.807, 2.05) is 12.1 Å². The lowest BCUT2D eigenvalue weighted by atomic mass is 9.98. The van der Waals surface area contributed by atoms with Crippen molar-refractivity contribution >= 4 is 60.8 Å². The number of aromatic nitrogens is 1. The summed E-state index contributed by atoms with van der Waals surface area (Å²) >= 11 is 0. The standard InChI is InChI=1S/C54H36N2O/c1-2-17-43(18-3-1)55(45-19-11-16-41(34-45)42-29-32-50-49-23-6-9-26-53(49)57-54(50)36-42)44-30-27-37(28-31-44)38-13-10-14-39(33-38)40-15-12-20-46(35-40)56-51-24-7-4-21-47(51)48-22-5-8-25-52(48)56/h1-36H. The summed E-state index contributed by atoms with van der Waals surface area (Å²) in [7, 11) is 0. The molecule has 11 rings (SSSR count). The normalized spacial score (nSPS) is 11.5. The van der Waals surface area contributed by atoms with E-state index in [0.29, 0.717) is 0 Å². The molecule has 0 amide bonds. The summed E-state index contributed by atoms with van der Waals surface area (Å²) in [5.41, 5.74) is 15.6. The van der Waals surface area contributed by atoms with Gasteiger partial charge >= 0.3 is 0 Å². The molecule has 2 heterocycles. The molecule has 9 aromatic carbocycles. The number of benzene rings is 9. The van der Waals surface area contributed by atoms with Crippen LogP contribution in [-0.2, 0) is 0 Å². The van der Waals surface area contributed by atoms with Crippen LogP contribution >= 0.6 is 0 Å². The Morgan fingerprint density at radius 3 is 1.56 bits per heavy atom. The predicted molar refractivity (Wildman–Crippen MR) is 239 cm³/mol. The van der Waals surface area contributed by atoms with E-state index in [2.05, 4.69) is 216 Å². The van der Waals surface area contributed by atoms with Crippen molar-refractivity contribution in [2.45, 2.75) is 0 Å². The van der Waals surface area contributed by atoms with Gasteiger partial charge in [0.15, 0.2) is 0 Å². The van der Waals surface area contributed by atoms with Gasteiger partial charge in [-0.1, -0.05) is 133 Å². The van der Waals surface area contributed by atoms with Crippen LogP contribution in [0.25, 0.3) is 82.8 Å². The number of hydrogen-bond acceptors (Lipinski definition) is 2. The molecule has 0 aliphatic rings.